The van der Waals surface area contributed by atoms with Crippen LogP contribution in [0, 0.1) is 6.92 Å². The number of aryl methyl sites for hydroxylation is 2. The number of hydrogen-bond acceptors (Lipinski definition) is 11. The number of nitrogens with zero attached hydrogens (tertiary/aromatic N) is 9. The Labute approximate surface area is 235 Å². The van der Waals surface area contributed by atoms with Crippen molar-refractivity contribution in [1.82, 2.24) is 39.8 Å². The third-order valence-electron chi connectivity index (χ3n) is 6.97. The number of fused-ring (bicyclic) bond motifs is 2. The molecule has 1 aliphatic heterocycles. The molecule has 13 heteroatoms. The lowest BCUT2D eigenvalue weighted by molar-refractivity contribution is -0.126. The summed E-state index contributed by atoms with van der Waals surface area (Å²) in [6.07, 6.45) is 4.48. The lowest BCUT2D eigenvalue weighted by atomic mass is 10.1. The van der Waals surface area contributed by atoms with Crippen molar-refractivity contribution < 1.29 is 14.3 Å². The predicted molar refractivity (Wildman–Crippen MR) is 154 cm³/mol. The van der Waals surface area contributed by atoms with E-state index in [4.69, 9.17) is 14.5 Å². The normalized spacial score (nSPS) is 13.4. The van der Waals surface area contributed by atoms with Crippen LogP contribution in [0.4, 0.5) is 17.5 Å². The molecule has 1 N–H and O–H groups in total. The highest BCUT2D eigenvalue weighted by Gasteiger charge is 2.22. The van der Waals surface area contributed by atoms with Crippen LogP contribution in [0.15, 0.2) is 55.5 Å². The SMILES string of the molecule is C=CC(=O)N1CCN(c2ncc3ncnc(Nc4cc(C)c(Oc5ccc6c(c5)nnn6C)cc4OC)c3n2)CC1. The second-order valence-corrected chi connectivity index (χ2v) is 9.55. The second-order valence-electron chi connectivity index (χ2n) is 9.55. The first-order valence-electron chi connectivity index (χ1n) is 13.0. The fourth-order valence-electron chi connectivity index (χ4n) is 4.73. The highest BCUT2D eigenvalue weighted by molar-refractivity contribution is 5.88. The highest BCUT2D eigenvalue weighted by Crippen LogP contribution is 2.37. The van der Waals surface area contributed by atoms with Gasteiger partial charge in [-0.1, -0.05) is 11.8 Å². The Balaban J connectivity index is 1.26. The number of carbonyl (C=O) groups is 1. The van der Waals surface area contributed by atoms with E-state index in [0.717, 1.165) is 16.6 Å². The fourth-order valence-corrected chi connectivity index (χ4v) is 4.73. The Morgan fingerprint density at radius 1 is 1.05 bits per heavy atom. The van der Waals surface area contributed by atoms with Crippen LogP contribution < -0.4 is 19.7 Å². The number of amides is 1. The van der Waals surface area contributed by atoms with Gasteiger partial charge >= 0.3 is 0 Å². The van der Waals surface area contributed by atoms with Gasteiger partial charge in [-0.2, -0.15) is 0 Å². The minimum atomic E-state index is -0.0730. The van der Waals surface area contributed by atoms with Crippen molar-refractivity contribution in [3.8, 4) is 17.2 Å². The molecule has 0 unspecified atom stereocenters. The van der Waals surface area contributed by atoms with E-state index < -0.39 is 0 Å². The predicted octanol–water partition coefficient (Wildman–Crippen LogP) is 3.39. The van der Waals surface area contributed by atoms with Gasteiger partial charge in [0.25, 0.3) is 0 Å². The summed E-state index contributed by atoms with van der Waals surface area (Å²) in [5.41, 5.74) is 4.41. The van der Waals surface area contributed by atoms with E-state index in [-0.39, 0.29) is 5.91 Å². The van der Waals surface area contributed by atoms with Gasteiger partial charge in [-0.25, -0.2) is 24.6 Å². The lowest BCUT2D eigenvalue weighted by Crippen LogP contribution is -2.48. The molecule has 2 aromatic carbocycles. The van der Waals surface area contributed by atoms with Crippen molar-refractivity contribution >= 4 is 45.4 Å². The first-order valence-corrected chi connectivity index (χ1v) is 13.0. The summed E-state index contributed by atoms with van der Waals surface area (Å²) in [7, 11) is 3.44. The van der Waals surface area contributed by atoms with Crippen molar-refractivity contribution in [1.29, 1.82) is 0 Å². The van der Waals surface area contributed by atoms with Gasteiger partial charge in [0.15, 0.2) is 5.82 Å². The minimum absolute atomic E-state index is 0.0730. The Hall–Kier alpha value is -5.33. The maximum atomic E-state index is 11.9. The van der Waals surface area contributed by atoms with Gasteiger partial charge in [0.2, 0.25) is 11.9 Å². The van der Waals surface area contributed by atoms with Crippen LogP contribution in [0.3, 0.4) is 0 Å². The second kappa shape index (κ2) is 10.7. The zero-order valence-electron chi connectivity index (χ0n) is 22.9. The van der Waals surface area contributed by atoms with Crippen LogP contribution in [0.1, 0.15) is 5.56 Å². The molecule has 13 nitrogen and oxygen atoms in total. The van der Waals surface area contributed by atoms with Crippen molar-refractivity contribution in [2.75, 3.05) is 43.5 Å². The lowest BCUT2D eigenvalue weighted by Gasteiger charge is -2.34. The molecular formula is C28H28N10O3. The van der Waals surface area contributed by atoms with Gasteiger partial charge in [-0.15, -0.1) is 5.10 Å². The smallest absolute Gasteiger partial charge is 0.246 e. The summed E-state index contributed by atoms with van der Waals surface area (Å²) in [5, 5.41) is 11.6. The molecule has 1 amide bonds. The van der Waals surface area contributed by atoms with E-state index in [1.54, 1.807) is 22.9 Å². The van der Waals surface area contributed by atoms with Crippen LogP contribution in [0.5, 0.6) is 17.2 Å². The van der Waals surface area contributed by atoms with Crippen LogP contribution >= 0.6 is 0 Å². The summed E-state index contributed by atoms with van der Waals surface area (Å²) in [6.45, 7) is 7.89. The third-order valence-corrected chi connectivity index (χ3v) is 6.97. The molecule has 1 fully saturated rings. The van der Waals surface area contributed by atoms with Crippen LogP contribution in [-0.4, -0.2) is 79.0 Å². The molecule has 1 saturated heterocycles. The maximum Gasteiger partial charge on any atom is 0.246 e. The van der Waals surface area contributed by atoms with E-state index in [0.29, 0.717) is 71.9 Å². The van der Waals surface area contributed by atoms with Crippen LogP contribution in [-0.2, 0) is 11.8 Å². The number of carbonyl (C=O) groups excluding carboxylic acids is 1. The molecule has 41 heavy (non-hydrogen) atoms. The van der Waals surface area contributed by atoms with E-state index in [1.807, 2.05) is 49.2 Å². The Morgan fingerprint density at radius 2 is 1.88 bits per heavy atom. The number of nitrogens with one attached hydrogen (secondary N) is 1. The molecule has 6 rings (SSSR count). The number of hydrogen-bond donors (Lipinski definition) is 1. The van der Waals surface area contributed by atoms with Crippen LogP contribution in [0.25, 0.3) is 22.1 Å². The quantitative estimate of drug-likeness (QED) is 0.298. The molecule has 0 aliphatic carbocycles. The van der Waals surface area contributed by atoms with Crippen molar-refractivity contribution in [2.24, 2.45) is 7.05 Å². The first kappa shape index (κ1) is 25.9. The number of rotatable bonds is 7. The number of anilines is 3. The van der Waals surface area contributed by atoms with Crippen molar-refractivity contribution in [3.05, 3.63) is 61.1 Å². The molecule has 208 valence electrons. The number of ether oxygens (including phenoxy) is 2. The van der Waals surface area contributed by atoms with Crippen molar-refractivity contribution in [3.63, 3.8) is 0 Å². The molecule has 4 heterocycles. The molecule has 1 aliphatic rings. The average molecular weight is 553 g/mol. The number of methoxy groups -OCH3 is 1. The molecule has 0 radical (unpaired) electrons. The van der Waals surface area contributed by atoms with E-state index in [2.05, 4.69) is 37.2 Å². The Morgan fingerprint density at radius 3 is 2.66 bits per heavy atom. The summed E-state index contributed by atoms with van der Waals surface area (Å²) >= 11 is 0. The van der Waals surface area contributed by atoms with Gasteiger partial charge in [0, 0.05) is 45.4 Å². The summed E-state index contributed by atoms with van der Waals surface area (Å²) < 4.78 is 13.6. The molecule has 0 atom stereocenters. The van der Waals surface area contributed by atoms with E-state index >= 15 is 0 Å². The standard InChI is InChI=1S/C28H28N10O3/c1-5-25(39)37-8-10-38(11-9-37)28-29-15-21-26(33-28)27(31-16-30-21)32-20-12-17(2)23(14-24(20)40-4)41-18-6-7-22-19(13-18)34-35-36(22)3/h5-7,12-16H,1,8-11H2,2-4H3,(H,30,31,32). The van der Waals surface area contributed by atoms with E-state index in [9.17, 15) is 4.79 Å². The zero-order valence-corrected chi connectivity index (χ0v) is 22.9. The number of piperazine rings is 1. The van der Waals surface area contributed by atoms with Gasteiger partial charge in [0.1, 0.15) is 40.1 Å². The summed E-state index contributed by atoms with van der Waals surface area (Å²) in [4.78, 5) is 33.9. The summed E-state index contributed by atoms with van der Waals surface area (Å²) in [5.74, 6) is 2.84. The number of benzene rings is 2. The van der Waals surface area contributed by atoms with Crippen LogP contribution in [0.2, 0.25) is 0 Å². The van der Waals surface area contributed by atoms with Crippen molar-refractivity contribution in [2.45, 2.75) is 6.92 Å². The highest BCUT2D eigenvalue weighted by atomic mass is 16.5. The van der Waals surface area contributed by atoms with E-state index in [1.165, 1.54) is 12.4 Å². The van der Waals surface area contributed by atoms with Gasteiger partial charge in [0.05, 0.1) is 24.5 Å². The Bertz CT molecular complexity index is 1780. The fraction of sp³-hybridized carbons (Fsp3) is 0.250. The molecule has 3 aromatic heterocycles. The molecule has 0 bridgehead atoms. The van der Waals surface area contributed by atoms with Gasteiger partial charge < -0.3 is 24.6 Å². The third kappa shape index (κ3) is 5.04. The molecule has 0 spiro atoms. The molecule has 5 aromatic rings. The maximum absolute atomic E-state index is 11.9. The minimum Gasteiger partial charge on any atom is -0.494 e. The summed E-state index contributed by atoms with van der Waals surface area (Å²) in [6, 6.07) is 9.41. The topological polar surface area (TPSA) is 136 Å². The van der Waals surface area contributed by atoms with Gasteiger partial charge in [-0.05, 0) is 36.8 Å². The Kier molecular flexibility index (Phi) is 6.75. The average Bonchev–Trinajstić information content (AvgIpc) is 3.37. The monoisotopic (exact) mass is 552 g/mol. The molecular weight excluding hydrogens is 524 g/mol. The largest absolute Gasteiger partial charge is 0.494 e. The zero-order chi connectivity index (χ0) is 28.5. The molecule has 0 saturated carbocycles. The first-order chi connectivity index (χ1) is 19.9. The van der Waals surface area contributed by atoms with Gasteiger partial charge in [-0.3, -0.25) is 4.79 Å². The number of aromatic nitrogens is 7.